The van der Waals surface area contributed by atoms with E-state index in [1.807, 2.05) is 0 Å². The molecule has 0 fully saturated rings. The van der Waals surface area contributed by atoms with Crippen molar-refractivity contribution in [3.63, 3.8) is 0 Å². The zero-order chi connectivity index (χ0) is 25.2. The van der Waals surface area contributed by atoms with Gasteiger partial charge in [-0.2, -0.15) is 0 Å². The number of aliphatic hydroxyl groups excluding tert-OH is 1. The molecule has 0 bridgehead atoms. The van der Waals surface area contributed by atoms with E-state index >= 15 is 0 Å². The highest BCUT2D eigenvalue weighted by molar-refractivity contribution is 7.95. The fourth-order valence-electron chi connectivity index (χ4n) is 4.06. The summed E-state index contributed by atoms with van der Waals surface area (Å²) >= 11 is 0. The van der Waals surface area contributed by atoms with Crippen LogP contribution in [0.2, 0.25) is 0 Å². The Bertz CT molecular complexity index is 1400. The van der Waals surface area contributed by atoms with Gasteiger partial charge < -0.3 is 19.5 Å². The van der Waals surface area contributed by atoms with Gasteiger partial charge in [0, 0.05) is 5.56 Å². The zero-order valence-electron chi connectivity index (χ0n) is 19.0. The van der Waals surface area contributed by atoms with Crippen LogP contribution in [-0.4, -0.2) is 44.5 Å². The molecule has 8 nitrogen and oxygen atoms in total. The van der Waals surface area contributed by atoms with E-state index in [0.29, 0.717) is 16.9 Å². The molecule has 180 valence electrons. The SMILES string of the molecule is COC(=O)c1ccc(C2C(S(=O)(=O)c3ccccc3)=C(O)C(=O)N2Cc2ccccc2OC)cc1. The lowest BCUT2D eigenvalue weighted by Gasteiger charge is -2.27. The van der Waals surface area contributed by atoms with E-state index in [1.165, 1.54) is 43.4 Å². The van der Waals surface area contributed by atoms with Gasteiger partial charge in [-0.05, 0) is 35.9 Å². The van der Waals surface area contributed by atoms with E-state index < -0.39 is 38.4 Å². The number of rotatable bonds is 7. The van der Waals surface area contributed by atoms with Crippen molar-refractivity contribution in [2.24, 2.45) is 0 Å². The number of benzene rings is 3. The number of methoxy groups -OCH3 is 2. The fraction of sp³-hybridized carbons (Fsp3) is 0.154. The van der Waals surface area contributed by atoms with Gasteiger partial charge in [0.25, 0.3) is 5.91 Å². The van der Waals surface area contributed by atoms with E-state index in [2.05, 4.69) is 0 Å². The van der Waals surface area contributed by atoms with Crippen molar-refractivity contribution in [3.8, 4) is 5.75 Å². The largest absolute Gasteiger partial charge is 0.502 e. The molecule has 3 aromatic carbocycles. The van der Waals surface area contributed by atoms with Crippen molar-refractivity contribution in [1.82, 2.24) is 4.90 Å². The summed E-state index contributed by atoms with van der Waals surface area (Å²) in [5.41, 5.74) is 1.29. The molecule has 1 N–H and O–H groups in total. The number of hydrogen-bond acceptors (Lipinski definition) is 7. The topological polar surface area (TPSA) is 110 Å². The van der Waals surface area contributed by atoms with Crippen LogP contribution in [0.5, 0.6) is 5.75 Å². The summed E-state index contributed by atoms with van der Waals surface area (Å²) in [6, 6.07) is 19.5. The van der Waals surface area contributed by atoms with Gasteiger partial charge in [-0.1, -0.05) is 48.5 Å². The predicted molar refractivity (Wildman–Crippen MR) is 127 cm³/mol. The summed E-state index contributed by atoms with van der Waals surface area (Å²) in [6.45, 7) is -0.0237. The fourth-order valence-corrected chi connectivity index (χ4v) is 5.73. The molecule has 1 aliphatic rings. The first-order valence-electron chi connectivity index (χ1n) is 10.6. The summed E-state index contributed by atoms with van der Waals surface area (Å²) in [4.78, 5) is 25.9. The van der Waals surface area contributed by atoms with Crippen LogP contribution in [0.15, 0.2) is 94.4 Å². The monoisotopic (exact) mass is 493 g/mol. The Morgan fingerprint density at radius 3 is 2.20 bits per heavy atom. The molecule has 0 aromatic heterocycles. The quantitative estimate of drug-likeness (QED) is 0.499. The van der Waals surface area contributed by atoms with Crippen LogP contribution in [-0.2, 0) is 25.9 Å². The molecule has 0 spiro atoms. The first-order chi connectivity index (χ1) is 16.8. The van der Waals surface area contributed by atoms with Crippen LogP contribution in [0.3, 0.4) is 0 Å². The minimum absolute atomic E-state index is 0.0237. The maximum absolute atomic E-state index is 13.6. The molecule has 1 atom stereocenters. The van der Waals surface area contributed by atoms with Gasteiger partial charge in [0.2, 0.25) is 9.84 Å². The molecular formula is C26H23NO7S. The second-order valence-corrected chi connectivity index (χ2v) is 9.71. The van der Waals surface area contributed by atoms with Gasteiger partial charge in [0.1, 0.15) is 10.7 Å². The maximum atomic E-state index is 13.6. The lowest BCUT2D eigenvalue weighted by atomic mass is 10.0. The van der Waals surface area contributed by atoms with Crippen molar-refractivity contribution < 1.29 is 32.6 Å². The number of carbonyl (C=O) groups is 2. The minimum Gasteiger partial charge on any atom is -0.502 e. The Hall–Kier alpha value is -4.11. The summed E-state index contributed by atoms with van der Waals surface area (Å²) < 4.78 is 37.4. The van der Waals surface area contributed by atoms with Gasteiger partial charge in [-0.25, -0.2) is 13.2 Å². The lowest BCUT2D eigenvalue weighted by Crippen LogP contribution is -2.31. The standard InChI is InChI=1S/C26H23NO7S/c1-33-21-11-7-6-8-19(21)16-27-22(17-12-14-18(15-13-17)26(30)34-2)24(23(28)25(27)29)35(31,32)20-9-4-3-5-10-20/h3-15,22,28H,16H2,1-2H3. The number of ether oxygens (including phenoxy) is 2. The predicted octanol–water partition coefficient (Wildman–Crippen LogP) is 3.81. The molecule has 0 saturated carbocycles. The van der Waals surface area contributed by atoms with Crippen LogP contribution in [0.25, 0.3) is 0 Å². The van der Waals surface area contributed by atoms with Crippen LogP contribution in [0.1, 0.15) is 27.5 Å². The van der Waals surface area contributed by atoms with Crippen LogP contribution in [0.4, 0.5) is 0 Å². The van der Waals surface area contributed by atoms with Crippen molar-refractivity contribution in [2.45, 2.75) is 17.5 Å². The van der Waals surface area contributed by atoms with Crippen molar-refractivity contribution in [3.05, 3.63) is 106 Å². The number of esters is 1. The molecular weight excluding hydrogens is 470 g/mol. The molecule has 0 aliphatic carbocycles. The molecule has 1 heterocycles. The van der Waals surface area contributed by atoms with Crippen molar-refractivity contribution in [2.75, 3.05) is 14.2 Å². The lowest BCUT2D eigenvalue weighted by molar-refractivity contribution is -0.130. The summed E-state index contributed by atoms with van der Waals surface area (Å²) in [6.07, 6.45) is 0. The molecule has 1 amide bonds. The van der Waals surface area contributed by atoms with E-state index in [-0.39, 0.29) is 17.0 Å². The van der Waals surface area contributed by atoms with Gasteiger partial charge in [0.05, 0.1) is 37.3 Å². The van der Waals surface area contributed by atoms with Gasteiger partial charge in [-0.3, -0.25) is 4.79 Å². The summed E-state index contributed by atoms with van der Waals surface area (Å²) in [7, 11) is -1.50. The minimum atomic E-state index is -4.25. The molecule has 1 aliphatic heterocycles. The van der Waals surface area contributed by atoms with Crippen molar-refractivity contribution in [1.29, 1.82) is 0 Å². The highest BCUT2D eigenvalue weighted by Crippen LogP contribution is 2.43. The van der Waals surface area contributed by atoms with E-state index in [1.54, 1.807) is 54.6 Å². The summed E-state index contributed by atoms with van der Waals surface area (Å²) in [5.74, 6) is -1.71. The zero-order valence-corrected chi connectivity index (χ0v) is 19.9. The van der Waals surface area contributed by atoms with Crippen molar-refractivity contribution >= 4 is 21.7 Å². The second kappa shape index (κ2) is 9.63. The van der Waals surface area contributed by atoms with Crippen LogP contribution >= 0.6 is 0 Å². The number of amides is 1. The Morgan fingerprint density at radius 1 is 0.943 bits per heavy atom. The van der Waals surface area contributed by atoms with Crippen LogP contribution < -0.4 is 4.74 Å². The van der Waals surface area contributed by atoms with Gasteiger partial charge >= 0.3 is 5.97 Å². The Kier molecular flexibility index (Phi) is 6.61. The highest BCUT2D eigenvalue weighted by atomic mass is 32.2. The molecule has 4 rings (SSSR count). The number of nitrogens with zero attached hydrogens (tertiary/aromatic N) is 1. The third-order valence-corrected chi connectivity index (χ3v) is 7.67. The Balaban J connectivity index is 1.86. The number of hydrogen-bond donors (Lipinski definition) is 1. The maximum Gasteiger partial charge on any atom is 0.337 e. The van der Waals surface area contributed by atoms with E-state index in [4.69, 9.17) is 9.47 Å². The van der Waals surface area contributed by atoms with E-state index in [0.717, 1.165) is 0 Å². The smallest absolute Gasteiger partial charge is 0.337 e. The molecule has 3 aromatic rings. The number of aliphatic hydroxyl groups is 1. The first-order valence-corrected chi connectivity index (χ1v) is 12.1. The number of sulfone groups is 1. The average molecular weight is 494 g/mol. The Morgan fingerprint density at radius 2 is 1.57 bits per heavy atom. The average Bonchev–Trinajstić information content (AvgIpc) is 3.14. The first kappa shape index (κ1) is 24.0. The number of para-hydroxylation sites is 1. The molecule has 0 radical (unpaired) electrons. The van der Waals surface area contributed by atoms with Gasteiger partial charge in [-0.15, -0.1) is 0 Å². The van der Waals surface area contributed by atoms with E-state index in [9.17, 15) is 23.1 Å². The number of carbonyl (C=O) groups excluding carboxylic acids is 2. The summed E-state index contributed by atoms with van der Waals surface area (Å²) in [5, 5.41) is 10.8. The second-order valence-electron chi connectivity index (χ2n) is 7.79. The van der Waals surface area contributed by atoms with Crippen LogP contribution in [0, 0.1) is 0 Å². The Labute approximate surface area is 202 Å². The third kappa shape index (κ3) is 4.38. The highest BCUT2D eigenvalue weighted by Gasteiger charge is 2.47. The van der Waals surface area contributed by atoms with Gasteiger partial charge in [0.15, 0.2) is 5.76 Å². The normalized spacial score (nSPS) is 15.9. The molecule has 35 heavy (non-hydrogen) atoms. The molecule has 0 saturated heterocycles. The molecule has 1 unspecified atom stereocenters. The third-order valence-electron chi connectivity index (χ3n) is 5.78. The molecule has 9 heteroatoms.